The lowest BCUT2D eigenvalue weighted by Gasteiger charge is -2.34. The van der Waals surface area contributed by atoms with Gasteiger partial charge >= 0.3 is 0 Å². The van der Waals surface area contributed by atoms with E-state index in [1.165, 1.54) is 49.0 Å². The van der Waals surface area contributed by atoms with Crippen molar-refractivity contribution in [2.24, 2.45) is 0 Å². The van der Waals surface area contributed by atoms with E-state index in [9.17, 15) is 0 Å². The zero-order valence-electron chi connectivity index (χ0n) is 31.1. The van der Waals surface area contributed by atoms with Gasteiger partial charge in [-0.25, -0.2) is 9.97 Å². The van der Waals surface area contributed by atoms with E-state index in [1.807, 2.05) is 6.07 Å². The predicted molar refractivity (Wildman–Crippen MR) is 238 cm³/mol. The number of benzene rings is 8. The fraction of sp³-hybridized carbons (Fsp3) is 0.0769. The van der Waals surface area contributed by atoms with Gasteiger partial charge < -0.3 is 4.90 Å². The Balaban J connectivity index is 0.959. The predicted octanol–water partition coefficient (Wildman–Crippen LogP) is 14.6. The van der Waals surface area contributed by atoms with Gasteiger partial charge in [-0.2, -0.15) is 0 Å². The van der Waals surface area contributed by atoms with Crippen LogP contribution in [0.15, 0.2) is 186 Å². The number of para-hydroxylation sites is 2. The summed E-state index contributed by atoms with van der Waals surface area (Å²) in [6.45, 7) is 0. The van der Waals surface area contributed by atoms with Crippen LogP contribution >= 0.6 is 23.4 Å². The van der Waals surface area contributed by atoms with E-state index < -0.39 is 0 Å². The van der Waals surface area contributed by atoms with Gasteiger partial charge in [0.15, 0.2) is 0 Å². The quantitative estimate of drug-likeness (QED) is 0.168. The molecule has 5 heteroatoms. The second-order valence-corrected chi connectivity index (χ2v) is 16.5. The average molecular weight is 770 g/mol. The van der Waals surface area contributed by atoms with Crippen LogP contribution in [0.3, 0.4) is 0 Å². The lowest BCUT2D eigenvalue weighted by molar-refractivity contribution is 0.604. The monoisotopic (exact) mass is 769 g/mol. The third-order valence-electron chi connectivity index (χ3n) is 11.6. The van der Waals surface area contributed by atoms with E-state index >= 15 is 0 Å². The number of nitrogens with zero attached hydrogens (tertiary/aromatic N) is 3. The fourth-order valence-corrected chi connectivity index (χ4v) is 10.4. The molecule has 2 aliphatic rings. The van der Waals surface area contributed by atoms with E-state index in [0.29, 0.717) is 5.92 Å². The largest absolute Gasteiger partial charge is 0.306 e. The number of halogens is 1. The summed E-state index contributed by atoms with van der Waals surface area (Å²) in [4.78, 5) is 15.0. The number of fused-ring (bicyclic) bond motifs is 7. The summed E-state index contributed by atoms with van der Waals surface area (Å²) in [5.41, 5.74) is 14.3. The molecule has 3 nitrogen and oxygen atoms in total. The topological polar surface area (TPSA) is 29.0 Å². The standard InChI is InChI=1S/C52H36ClN3S/c53-44-20-11-23-48-52(44)56(46-22-10-16-33-12-4-7-18-41(33)46)47-28-25-36(32-49(47)57-48)35-24-27-40-38(30-37-15-5-6-17-39(37)43(40)31-35)26-29-50-54-45-21-9-8-19-42(45)51(55-50)34-13-2-1-3-14-34/h1-25,27-28,31-32,38H,26,29-30H2. The highest BCUT2D eigenvalue weighted by Crippen LogP contribution is 2.55. The minimum absolute atomic E-state index is 0.355. The van der Waals surface area contributed by atoms with Crippen molar-refractivity contribution in [2.75, 3.05) is 4.90 Å². The van der Waals surface area contributed by atoms with Gasteiger partial charge in [-0.15, -0.1) is 0 Å². The smallest absolute Gasteiger partial charge is 0.129 e. The lowest BCUT2D eigenvalue weighted by Crippen LogP contribution is -2.16. The first kappa shape index (κ1) is 34.1. The summed E-state index contributed by atoms with van der Waals surface area (Å²) in [5, 5.41) is 4.23. The van der Waals surface area contributed by atoms with Crippen LogP contribution < -0.4 is 4.90 Å². The first-order chi connectivity index (χ1) is 28.2. The maximum absolute atomic E-state index is 7.00. The van der Waals surface area contributed by atoms with Crippen molar-refractivity contribution >= 4 is 62.1 Å². The first-order valence-corrected chi connectivity index (χ1v) is 20.8. The first-order valence-electron chi connectivity index (χ1n) is 19.6. The van der Waals surface area contributed by atoms with Gasteiger partial charge in [0.25, 0.3) is 0 Å². The van der Waals surface area contributed by atoms with Gasteiger partial charge in [-0.1, -0.05) is 157 Å². The van der Waals surface area contributed by atoms with E-state index in [0.717, 1.165) is 74.2 Å². The number of aromatic nitrogens is 2. The molecule has 0 spiro atoms. The van der Waals surface area contributed by atoms with Crippen LogP contribution in [-0.2, 0) is 12.8 Å². The van der Waals surface area contributed by atoms with Crippen molar-refractivity contribution in [3.8, 4) is 33.5 Å². The maximum atomic E-state index is 7.00. The molecule has 8 aromatic carbocycles. The Morgan fingerprint density at radius 1 is 0.579 bits per heavy atom. The van der Waals surface area contributed by atoms with Crippen LogP contribution in [0, 0.1) is 0 Å². The minimum atomic E-state index is 0.355. The van der Waals surface area contributed by atoms with Crippen LogP contribution in [0.25, 0.3) is 55.2 Å². The maximum Gasteiger partial charge on any atom is 0.129 e. The van der Waals surface area contributed by atoms with Crippen molar-refractivity contribution in [1.82, 2.24) is 9.97 Å². The zero-order chi connectivity index (χ0) is 37.9. The highest BCUT2D eigenvalue weighted by Gasteiger charge is 2.29. The molecular weight excluding hydrogens is 734 g/mol. The van der Waals surface area contributed by atoms with Gasteiger partial charge in [0.2, 0.25) is 0 Å². The molecule has 0 amide bonds. The van der Waals surface area contributed by atoms with Crippen molar-refractivity contribution in [1.29, 1.82) is 0 Å². The molecule has 0 fully saturated rings. The fourth-order valence-electron chi connectivity index (χ4n) is 8.92. The molecule has 1 aliphatic heterocycles. The van der Waals surface area contributed by atoms with Gasteiger partial charge in [0, 0.05) is 32.5 Å². The molecule has 0 N–H and O–H groups in total. The zero-order valence-corrected chi connectivity index (χ0v) is 32.6. The number of rotatable bonds is 6. The molecule has 0 saturated carbocycles. The molecule has 0 saturated heterocycles. The molecule has 1 atom stereocenters. The lowest BCUT2D eigenvalue weighted by atomic mass is 9.76. The summed E-state index contributed by atoms with van der Waals surface area (Å²) in [6.07, 6.45) is 2.78. The summed E-state index contributed by atoms with van der Waals surface area (Å²) in [7, 11) is 0. The van der Waals surface area contributed by atoms with Gasteiger partial charge in [-0.05, 0) is 100.0 Å². The SMILES string of the molecule is Clc1cccc2c1N(c1cccc3ccccc13)c1ccc(-c3ccc4c(c3)-c3ccccc3CC4CCc3nc(-c4ccccc4)c4ccccc4n3)cc1S2. The molecule has 9 aromatic rings. The van der Waals surface area contributed by atoms with Crippen LogP contribution in [0.4, 0.5) is 17.1 Å². The average Bonchev–Trinajstić information content (AvgIpc) is 3.27. The normalized spacial score (nSPS) is 14.2. The molecule has 1 aliphatic carbocycles. The van der Waals surface area contributed by atoms with E-state index in [1.54, 1.807) is 11.8 Å². The highest BCUT2D eigenvalue weighted by atomic mass is 35.5. The van der Waals surface area contributed by atoms with E-state index in [-0.39, 0.29) is 0 Å². The molecule has 0 radical (unpaired) electrons. The van der Waals surface area contributed by atoms with Crippen molar-refractivity contribution < 1.29 is 0 Å². The number of hydrogen-bond donors (Lipinski definition) is 0. The third kappa shape index (κ3) is 5.99. The van der Waals surface area contributed by atoms with Gasteiger partial charge in [0.1, 0.15) is 5.82 Å². The molecular formula is C52H36ClN3S. The Labute approximate surface area is 341 Å². The Morgan fingerprint density at radius 3 is 2.26 bits per heavy atom. The van der Waals surface area contributed by atoms with Crippen LogP contribution in [0.2, 0.25) is 5.02 Å². The summed E-state index contributed by atoms with van der Waals surface area (Å²) in [5.74, 6) is 1.25. The van der Waals surface area contributed by atoms with Crippen molar-refractivity contribution in [3.63, 3.8) is 0 Å². The van der Waals surface area contributed by atoms with Crippen LogP contribution in [0.5, 0.6) is 0 Å². The molecule has 272 valence electrons. The molecule has 1 unspecified atom stereocenters. The Morgan fingerprint density at radius 2 is 1.33 bits per heavy atom. The Hall–Kier alpha value is -6.20. The van der Waals surface area contributed by atoms with E-state index in [4.69, 9.17) is 21.6 Å². The highest BCUT2D eigenvalue weighted by molar-refractivity contribution is 7.99. The van der Waals surface area contributed by atoms with Crippen LogP contribution in [-0.4, -0.2) is 9.97 Å². The second kappa shape index (κ2) is 14.1. The Bertz CT molecular complexity index is 3010. The summed E-state index contributed by atoms with van der Waals surface area (Å²) < 4.78 is 0. The molecule has 2 heterocycles. The summed E-state index contributed by atoms with van der Waals surface area (Å²) in [6, 6.07) is 63.2. The number of anilines is 3. The molecule has 1 aromatic heterocycles. The minimum Gasteiger partial charge on any atom is -0.306 e. The Kier molecular flexibility index (Phi) is 8.41. The van der Waals surface area contributed by atoms with E-state index in [2.05, 4.69) is 175 Å². The molecule has 57 heavy (non-hydrogen) atoms. The third-order valence-corrected chi connectivity index (χ3v) is 13.0. The number of aryl methyl sites for hydroxylation is 1. The van der Waals surface area contributed by atoms with Crippen LogP contribution in [0.1, 0.15) is 29.3 Å². The molecule has 0 bridgehead atoms. The van der Waals surface area contributed by atoms with Crippen molar-refractivity contribution in [3.05, 3.63) is 198 Å². The van der Waals surface area contributed by atoms with Gasteiger partial charge in [0.05, 0.1) is 33.3 Å². The second-order valence-electron chi connectivity index (χ2n) is 15.0. The van der Waals surface area contributed by atoms with Crippen molar-refractivity contribution in [2.45, 2.75) is 35.0 Å². The van der Waals surface area contributed by atoms with Gasteiger partial charge in [-0.3, -0.25) is 0 Å². The molecule has 11 rings (SSSR count). The summed E-state index contributed by atoms with van der Waals surface area (Å²) >= 11 is 8.80. The number of hydrogen-bond acceptors (Lipinski definition) is 4.